The molecule has 1 aliphatic carbocycles. The Morgan fingerprint density at radius 2 is 2.06 bits per heavy atom. The summed E-state index contributed by atoms with van der Waals surface area (Å²) >= 11 is 0. The van der Waals surface area contributed by atoms with E-state index in [-0.39, 0.29) is 0 Å². The summed E-state index contributed by atoms with van der Waals surface area (Å²) in [5.41, 5.74) is 2.18. The van der Waals surface area contributed by atoms with Crippen LogP contribution in [0.4, 0.5) is 0 Å². The third-order valence-corrected chi connectivity index (χ3v) is 3.82. The van der Waals surface area contributed by atoms with Gasteiger partial charge in [-0.3, -0.25) is 0 Å². The topological polar surface area (TPSA) is 12.0 Å². The van der Waals surface area contributed by atoms with Gasteiger partial charge in [0.2, 0.25) is 0 Å². The van der Waals surface area contributed by atoms with Crippen LogP contribution in [0.15, 0.2) is 11.6 Å². The molecule has 0 aliphatic heterocycles. The molecule has 0 aromatic heterocycles. The summed E-state index contributed by atoms with van der Waals surface area (Å²) in [6.07, 6.45) is 13.1. The highest BCUT2D eigenvalue weighted by molar-refractivity contribution is 5.07. The summed E-state index contributed by atoms with van der Waals surface area (Å²) in [5, 5.41) is 3.75. The van der Waals surface area contributed by atoms with E-state index in [2.05, 4.69) is 39.1 Å². The Morgan fingerprint density at radius 1 is 1.28 bits per heavy atom. The van der Waals surface area contributed by atoms with E-state index < -0.39 is 0 Å². The van der Waals surface area contributed by atoms with Crippen LogP contribution in [0.2, 0.25) is 0 Å². The second kappa shape index (κ2) is 7.99. The first-order chi connectivity index (χ1) is 8.51. The molecule has 1 nitrogen and oxygen atoms in total. The van der Waals surface area contributed by atoms with Gasteiger partial charge in [0, 0.05) is 6.04 Å². The molecule has 1 atom stereocenters. The van der Waals surface area contributed by atoms with Crippen molar-refractivity contribution >= 4 is 0 Å². The molecule has 1 unspecified atom stereocenters. The Bertz CT molecular complexity index is 247. The van der Waals surface area contributed by atoms with Gasteiger partial charge in [-0.05, 0) is 63.3 Å². The van der Waals surface area contributed by atoms with Crippen molar-refractivity contribution in [3.63, 3.8) is 0 Å². The molecule has 0 amide bonds. The quantitative estimate of drug-likeness (QED) is 0.623. The average molecular weight is 251 g/mol. The Labute approximate surface area is 114 Å². The molecule has 0 heterocycles. The van der Waals surface area contributed by atoms with Gasteiger partial charge >= 0.3 is 0 Å². The van der Waals surface area contributed by atoms with Crippen LogP contribution in [0, 0.1) is 5.41 Å². The maximum atomic E-state index is 3.75. The van der Waals surface area contributed by atoms with Gasteiger partial charge < -0.3 is 5.32 Å². The van der Waals surface area contributed by atoms with E-state index in [0.717, 1.165) is 0 Å². The predicted molar refractivity (Wildman–Crippen MR) is 81.9 cm³/mol. The average Bonchev–Trinajstić information content (AvgIpc) is 2.33. The van der Waals surface area contributed by atoms with Crippen molar-refractivity contribution in [2.45, 2.75) is 85.1 Å². The highest BCUT2D eigenvalue weighted by atomic mass is 14.9. The Hall–Kier alpha value is -0.300. The van der Waals surface area contributed by atoms with Gasteiger partial charge in [-0.1, -0.05) is 39.3 Å². The van der Waals surface area contributed by atoms with E-state index in [1.54, 1.807) is 5.57 Å². The van der Waals surface area contributed by atoms with Gasteiger partial charge in [-0.15, -0.1) is 0 Å². The molecule has 106 valence electrons. The number of hydrogen-bond donors (Lipinski definition) is 1. The van der Waals surface area contributed by atoms with Gasteiger partial charge in [0.1, 0.15) is 0 Å². The molecule has 0 fully saturated rings. The van der Waals surface area contributed by atoms with Crippen molar-refractivity contribution in [3.05, 3.63) is 11.6 Å². The molecular formula is C17H33N. The predicted octanol–water partition coefficient (Wildman–Crippen LogP) is 5.07. The van der Waals surface area contributed by atoms with Crippen LogP contribution >= 0.6 is 0 Å². The van der Waals surface area contributed by atoms with Crippen LogP contribution < -0.4 is 5.32 Å². The van der Waals surface area contributed by atoms with Crippen molar-refractivity contribution < 1.29 is 0 Å². The summed E-state index contributed by atoms with van der Waals surface area (Å²) in [7, 11) is 0. The fraction of sp³-hybridized carbons (Fsp3) is 0.882. The van der Waals surface area contributed by atoms with E-state index >= 15 is 0 Å². The molecule has 1 rings (SSSR count). The highest BCUT2D eigenvalue weighted by Gasteiger charge is 2.16. The summed E-state index contributed by atoms with van der Waals surface area (Å²) in [5.74, 6) is 0. The summed E-state index contributed by atoms with van der Waals surface area (Å²) < 4.78 is 0. The van der Waals surface area contributed by atoms with Gasteiger partial charge in [0.25, 0.3) is 0 Å². The van der Waals surface area contributed by atoms with E-state index in [1.807, 2.05) is 0 Å². The van der Waals surface area contributed by atoms with E-state index in [0.29, 0.717) is 11.5 Å². The molecule has 0 spiro atoms. The molecule has 0 saturated heterocycles. The molecular weight excluding hydrogens is 218 g/mol. The summed E-state index contributed by atoms with van der Waals surface area (Å²) in [6, 6.07) is 0.702. The monoisotopic (exact) mass is 251 g/mol. The molecule has 0 aromatic carbocycles. The fourth-order valence-corrected chi connectivity index (χ4v) is 2.64. The van der Waals surface area contributed by atoms with Crippen molar-refractivity contribution in [2.24, 2.45) is 5.41 Å². The molecule has 18 heavy (non-hydrogen) atoms. The lowest BCUT2D eigenvalue weighted by molar-refractivity contribution is 0.327. The van der Waals surface area contributed by atoms with E-state index in [9.17, 15) is 0 Å². The van der Waals surface area contributed by atoms with Crippen LogP contribution in [0.1, 0.15) is 79.1 Å². The Morgan fingerprint density at radius 3 is 2.61 bits per heavy atom. The lowest BCUT2D eigenvalue weighted by Gasteiger charge is -2.26. The van der Waals surface area contributed by atoms with Gasteiger partial charge in [-0.25, -0.2) is 0 Å². The first kappa shape index (κ1) is 15.8. The fourth-order valence-electron chi connectivity index (χ4n) is 2.64. The first-order valence-corrected chi connectivity index (χ1v) is 7.92. The minimum Gasteiger partial charge on any atom is -0.314 e. The van der Waals surface area contributed by atoms with Crippen molar-refractivity contribution in [2.75, 3.05) is 6.54 Å². The third kappa shape index (κ3) is 7.20. The van der Waals surface area contributed by atoms with E-state index in [1.165, 1.54) is 57.9 Å². The Balaban J connectivity index is 2.41. The number of hydrogen-bond acceptors (Lipinski definition) is 1. The van der Waals surface area contributed by atoms with Crippen LogP contribution in [-0.4, -0.2) is 12.6 Å². The van der Waals surface area contributed by atoms with Crippen LogP contribution in [0.25, 0.3) is 0 Å². The van der Waals surface area contributed by atoms with Crippen molar-refractivity contribution in [1.29, 1.82) is 0 Å². The first-order valence-electron chi connectivity index (χ1n) is 7.92. The molecule has 0 radical (unpaired) electrons. The summed E-state index contributed by atoms with van der Waals surface area (Å²) in [6.45, 7) is 10.5. The number of allylic oxidation sites excluding steroid dienone is 1. The van der Waals surface area contributed by atoms with Gasteiger partial charge in [0.15, 0.2) is 0 Å². The molecule has 0 saturated carbocycles. The van der Waals surface area contributed by atoms with Crippen LogP contribution in [-0.2, 0) is 0 Å². The lowest BCUT2D eigenvalue weighted by Crippen LogP contribution is -2.31. The molecule has 1 aliphatic rings. The second-order valence-corrected chi connectivity index (χ2v) is 7.06. The zero-order valence-electron chi connectivity index (χ0n) is 13.0. The maximum Gasteiger partial charge on any atom is 0.0104 e. The second-order valence-electron chi connectivity index (χ2n) is 7.06. The zero-order chi connectivity index (χ0) is 13.4. The molecule has 1 heteroatoms. The number of rotatable bonds is 7. The zero-order valence-corrected chi connectivity index (χ0v) is 13.0. The van der Waals surface area contributed by atoms with Crippen LogP contribution in [0.3, 0.4) is 0 Å². The molecule has 1 N–H and O–H groups in total. The van der Waals surface area contributed by atoms with Crippen molar-refractivity contribution in [1.82, 2.24) is 5.32 Å². The molecule has 0 aromatic rings. The van der Waals surface area contributed by atoms with Crippen molar-refractivity contribution in [3.8, 4) is 0 Å². The van der Waals surface area contributed by atoms with Gasteiger partial charge in [0.05, 0.1) is 0 Å². The van der Waals surface area contributed by atoms with E-state index in [4.69, 9.17) is 0 Å². The highest BCUT2D eigenvalue weighted by Crippen LogP contribution is 2.26. The SMILES string of the molecule is CCCNC(CCC(C)(C)C)CC1=CCCCC1. The normalized spacial score (nSPS) is 18.6. The molecule has 0 bridgehead atoms. The standard InChI is InChI=1S/C17H33N/c1-5-13-18-16(11-12-17(2,3)4)14-15-9-7-6-8-10-15/h9,16,18H,5-8,10-14H2,1-4H3. The maximum absolute atomic E-state index is 3.75. The smallest absolute Gasteiger partial charge is 0.0104 e. The van der Waals surface area contributed by atoms with Crippen LogP contribution in [0.5, 0.6) is 0 Å². The number of nitrogens with one attached hydrogen (secondary N) is 1. The Kier molecular flexibility index (Phi) is 6.99. The largest absolute Gasteiger partial charge is 0.314 e. The minimum atomic E-state index is 0.465. The lowest BCUT2D eigenvalue weighted by atomic mass is 9.86. The minimum absolute atomic E-state index is 0.465. The summed E-state index contributed by atoms with van der Waals surface area (Å²) in [4.78, 5) is 0. The third-order valence-electron chi connectivity index (χ3n) is 3.82. The van der Waals surface area contributed by atoms with Gasteiger partial charge in [-0.2, -0.15) is 0 Å².